The first-order valence-electron chi connectivity index (χ1n) is 5.78. The monoisotopic (exact) mass is 198 g/mol. The lowest BCUT2D eigenvalue weighted by Crippen LogP contribution is -2.53. The molecule has 0 amide bonds. The molecule has 3 heteroatoms. The van der Waals surface area contributed by atoms with Crippen LogP contribution in [-0.4, -0.2) is 42.3 Å². The van der Waals surface area contributed by atoms with Crippen molar-refractivity contribution in [2.45, 2.75) is 50.8 Å². The van der Waals surface area contributed by atoms with Crippen LogP contribution in [0.15, 0.2) is 0 Å². The van der Waals surface area contributed by atoms with Gasteiger partial charge in [-0.2, -0.15) is 0 Å². The zero-order valence-electron chi connectivity index (χ0n) is 9.33. The van der Waals surface area contributed by atoms with Crippen molar-refractivity contribution in [1.82, 2.24) is 4.90 Å². The second-order valence-electron chi connectivity index (χ2n) is 4.94. The molecule has 2 heterocycles. The third-order valence-electron chi connectivity index (χ3n) is 3.87. The van der Waals surface area contributed by atoms with Gasteiger partial charge in [-0.15, -0.1) is 0 Å². The summed E-state index contributed by atoms with van der Waals surface area (Å²) in [6.07, 6.45) is 3.28. The molecule has 14 heavy (non-hydrogen) atoms. The van der Waals surface area contributed by atoms with Crippen LogP contribution in [0.3, 0.4) is 0 Å². The van der Waals surface area contributed by atoms with Crippen molar-refractivity contribution in [1.29, 1.82) is 0 Å². The molecule has 3 nitrogen and oxygen atoms in total. The summed E-state index contributed by atoms with van der Waals surface area (Å²) in [6, 6.07) is 0.932. The van der Waals surface area contributed by atoms with Gasteiger partial charge in [-0.25, -0.2) is 0 Å². The summed E-state index contributed by atoms with van der Waals surface area (Å²) in [5.41, 5.74) is 6.16. The van der Waals surface area contributed by atoms with Gasteiger partial charge in [-0.05, 0) is 33.1 Å². The summed E-state index contributed by atoms with van der Waals surface area (Å²) in [4.78, 5) is 2.51. The Hall–Kier alpha value is -0.120. The average molecular weight is 198 g/mol. The molecule has 0 aliphatic carbocycles. The maximum absolute atomic E-state index is 6.12. The third-order valence-corrected chi connectivity index (χ3v) is 3.87. The lowest BCUT2D eigenvalue weighted by molar-refractivity contribution is -0.0555. The number of hydrogen-bond donors (Lipinski definition) is 1. The van der Waals surface area contributed by atoms with Crippen LogP contribution < -0.4 is 5.73 Å². The SMILES string of the molecule is CC(C)N1CCC2(CC1)OCC[C@H]2N. The van der Waals surface area contributed by atoms with Crippen molar-refractivity contribution < 1.29 is 4.74 Å². The molecule has 0 radical (unpaired) electrons. The van der Waals surface area contributed by atoms with E-state index in [-0.39, 0.29) is 11.6 Å². The van der Waals surface area contributed by atoms with Gasteiger partial charge in [0.2, 0.25) is 0 Å². The van der Waals surface area contributed by atoms with E-state index >= 15 is 0 Å². The number of piperidine rings is 1. The van der Waals surface area contributed by atoms with Crippen molar-refractivity contribution in [3.05, 3.63) is 0 Å². The van der Waals surface area contributed by atoms with Crippen LogP contribution in [0.1, 0.15) is 33.1 Å². The molecule has 2 aliphatic rings. The largest absolute Gasteiger partial charge is 0.373 e. The van der Waals surface area contributed by atoms with E-state index in [4.69, 9.17) is 10.5 Å². The normalized spacial score (nSPS) is 33.0. The summed E-state index contributed by atoms with van der Waals surface area (Å²) in [5, 5.41) is 0. The Balaban J connectivity index is 1.94. The molecule has 0 aromatic rings. The van der Waals surface area contributed by atoms with Crippen molar-refractivity contribution in [3.8, 4) is 0 Å². The third kappa shape index (κ3) is 1.69. The van der Waals surface area contributed by atoms with Gasteiger partial charge in [0.05, 0.1) is 5.60 Å². The Labute approximate surface area is 86.6 Å². The van der Waals surface area contributed by atoms with Crippen molar-refractivity contribution in [3.63, 3.8) is 0 Å². The first-order valence-corrected chi connectivity index (χ1v) is 5.78. The van der Waals surface area contributed by atoms with Crippen LogP contribution in [-0.2, 0) is 4.74 Å². The minimum absolute atomic E-state index is 0.0331. The molecule has 0 aromatic carbocycles. The second kappa shape index (κ2) is 3.80. The fraction of sp³-hybridized carbons (Fsp3) is 1.00. The summed E-state index contributed by atoms with van der Waals surface area (Å²) in [5.74, 6) is 0. The molecule has 2 N–H and O–H groups in total. The highest BCUT2D eigenvalue weighted by molar-refractivity contribution is 4.99. The van der Waals surface area contributed by atoms with Crippen molar-refractivity contribution in [2.75, 3.05) is 19.7 Å². The van der Waals surface area contributed by atoms with Gasteiger partial charge in [0, 0.05) is 31.8 Å². The standard InChI is InChI=1S/C11H22N2O/c1-9(2)13-6-4-11(5-7-13)10(12)3-8-14-11/h9-10H,3-8,12H2,1-2H3/t10-/m1/s1. The Morgan fingerprint density at radius 2 is 2.00 bits per heavy atom. The van der Waals surface area contributed by atoms with Crippen molar-refractivity contribution >= 4 is 0 Å². The predicted molar refractivity (Wildman–Crippen MR) is 57.2 cm³/mol. The maximum atomic E-state index is 6.12. The van der Waals surface area contributed by atoms with Crippen LogP contribution in [0.25, 0.3) is 0 Å². The first kappa shape index (κ1) is 10.4. The Morgan fingerprint density at radius 3 is 2.43 bits per heavy atom. The maximum Gasteiger partial charge on any atom is 0.0857 e. The van der Waals surface area contributed by atoms with Crippen LogP contribution in [0, 0.1) is 0 Å². The van der Waals surface area contributed by atoms with E-state index in [0.717, 1.165) is 39.0 Å². The highest BCUT2D eigenvalue weighted by Gasteiger charge is 2.44. The van der Waals surface area contributed by atoms with Gasteiger partial charge in [-0.1, -0.05) is 0 Å². The zero-order chi connectivity index (χ0) is 10.2. The number of hydrogen-bond acceptors (Lipinski definition) is 3. The quantitative estimate of drug-likeness (QED) is 0.682. The predicted octanol–water partition coefficient (Wildman–Crippen LogP) is 0.977. The minimum Gasteiger partial charge on any atom is -0.373 e. The lowest BCUT2D eigenvalue weighted by atomic mass is 9.84. The summed E-state index contributed by atoms with van der Waals surface area (Å²) in [6.45, 7) is 7.67. The molecule has 0 bridgehead atoms. The van der Waals surface area contributed by atoms with Gasteiger partial charge in [-0.3, -0.25) is 0 Å². The smallest absolute Gasteiger partial charge is 0.0857 e. The van der Waals surface area contributed by atoms with Crippen LogP contribution >= 0.6 is 0 Å². The number of ether oxygens (including phenoxy) is 1. The highest BCUT2D eigenvalue weighted by Crippen LogP contribution is 2.35. The minimum atomic E-state index is 0.0331. The lowest BCUT2D eigenvalue weighted by Gasteiger charge is -2.42. The first-order chi connectivity index (χ1) is 6.64. The topological polar surface area (TPSA) is 38.5 Å². The fourth-order valence-corrected chi connectivity index (χ4v) is 2.69. The van der Waals surface area contributed by atoms with E-state index in [0.29, 0.717) is 6.04 Å². The molecule has 82 valence electrons. The number of nitrogens with zero attached hydrogens (tertiary/aromatic N) is 1. The zero-order valence-corrected chi connectivity index (χ0v) is 9.33. The summed E-state index contributed by atoms with van der Waals surface area (Å²) in [7, 11) is 0. The van der Waals surface area contributed by atoms with E-state index in [1.165, 1.54) is 0 Å². The van der Waals surface area contributed by atoms with E-state index < -0.39 is 0 Å². The molecular formula is C11H22N2O. The Morgan fingerprint density at radius 1 is 1.36 bits per heavy atom. The van der Waals surface area contributed by atoms with Gasteiger partial charge < -0.3 is 15.4 Å². The summed E-state index contributed by atoms with van der Waals surface area (Å²) < 4.78 is 5.87. The second-order valence-corrected chi connectivity index (χ2v) is 4.94. The molecule has 2 fully saturated rings. The van der Waals surface area contributed by atoms with E-state index in [1.54, 1.807) is 0 Å². The van der Waals surface area contributed by atoms with Crippen LogP contribution in [0.4, 0.5) is 0 Å². The molecule has 2 saturated heterocycles. The molecule has 2 rings (SSSR count). The number of rotatable bonds is 1. The Kier molecular flexibility index (Phi) is 2.82. The van der Waals surface area contributed by atoms with Gasteiger partial charge >= 0.3 is 0 Å². The number of likely N-dealkylation sites (tertiary alicyclic amines) is 1. The van der Waals surface area contributed by atoms with Gasteiger partial charge in [0.1, 0.15) is 0 Å². The van der Waals surface area contributed by atoms with Crippen LogP contribution in [0.2, 0.25) is 0 Å². The molecule has 0 aromatic heterocycles. The molecule has 1 atom stereocenters. The molecule has 0 unspecified atom stereocenters. The number of nitrogens with two attached hydrogens (primary N) is 1. The molecule has 2 aliphatic heterocycles. The van der Waals surface area contributed by atoms with Crippen molar-refractivity contribution in [2.24, 2.45) is 5.73 Å². The van der Waals surface area contributed by atoms with E-state index in [2.05, 4.69) is 18.7 Å². The Bertz CT molecular complexity index is 197. The highest BCUT2D eigenvalue weighted by atomic mass is 16.5. The average Bonchev–Trinajstić information content (AvgIpc) is 2.49. The summed E-state index contributed by atoms with van der Waals surface area (Å²) >= 11 is 0. The van der Waals surface area contributed by atoms with Gasteiger partial charge in [0.15, 0.2) is 0 Å². The molecular weight excluding hydrogens is 176 g/mol. The van der Waals surface area contributed by atoms with E-state index in [1.807, 2.05) is 0 Å². The van der Waals surface area contributed by atoms with Crippen LogP contribution in [0.5, 0.6) is 0 Å². The molecule has 1 spiro atoms. The molecule has 0 saturated carbocycles. The van der Waals surface area contributed by atoms with E-state index in [9.17, 15) is 0 Å². The van der Waals surface area contributed by atoms with Gasteiger partial charge in [0.25, 0.3) is 0 Å². The fourth-order valence-electron chi connectivity index (χ4n) is 2.69.